The van der Waals surface area contributed by atoms with E-state index in [0.717, 1.165) is 0 Å². The van der Waals surface area contributed by atoms with Gasteiger partial charge in [-0.25, -0.2) is 0 Å². The van der Waals surface area contributed by atoms with Gasteiger partial charge in [0.2, 0.25) is 0 Å². The highest BCUT2D eigenvalue weighted by Crippen LogP contribution is 2.30. The number of hydrogen-bond acceptors (Lipinski definition) is 2. The molecule has 0 aliphatic rings. The lowest BCUT2D eigenvalue weighted by atomic mass is 10.2. The summed E-state index contributed by atoms with van der Waals surface area (Å²) in [7, 11) is 0. The average molecular weight is 199 g/mol. The topological polar surface area (TPSA) is 52.5 Å². The van der Waals surface area contributed by atoms with Gasteiger partial charge < -0.3 is 0 Å². The fourth-order valence-electron chi connectivity index (χ4n) is 0.878. The molecule has 0 atom stereocenters. The molecule has 0 fully saturated rings. The molecule has 0 spiro atoms. The van der Waals surface area contributed by atoms with Crippen LogP contribution in [0.5, 0.6) is 0 Å². The molecule has 14 heavy (non-hydrogen) atoms. The van der Waals surface area contributed by atoms with E-state index >= 15 is 0 Å². The van der Waals surface area contributed by atoms with Gasteiger partial charge in [0.1, 0.15) is 0 Å². The highest BCUT2D eigenvalue weighted by Gasteiger charge is 2.37. The van der Waals surface area contributed by atoms with Gasteiger partial charge in [-0.15, -0.1) is 0 Å². The van der Waals surface area contributed by atoms with E-state index in [9.17, 15) is 13.2 Å². The van der Waals surface area contributed by atoms with Crippen molar-refractivity contribution in [2.45, 2.75) is 13.1 Å². The second kappa shape index (κ2) is 3.43. The molecule has 3 nitrogen and oxygen atoms in total. The van der Waals surface area contributed by atoms with Crippen molar-refractivity contribution in [1.29, 1.82) is 5.26 Å². The van der Waals surface area contributed by atoms with Gasteiger partial charge in [0, 0.05) is 11.6 Å². The number of aromatic nitrogens is 2. The average Bonchev–Trinajstić information content (AvgIpc) is 2.42. The third kappa shape index (κ3) is 1.86. The fourth-order valence-corrected chi connectivity index (χ4v) is 0.878. The summed E-state index contributed by atoms with van der Waals surface area (Å²) in [5, 5.41) is 13.4. The Morgan fingerprint density at radius 3 is 2.57 bits per heavy atom. The van der Waals surface area contributed by atoms with E-state index < -0.39 is 11.9 Å². The van der Waals surface area contributed by atoms with E-state index in [1.165, 1.54) is 13.0 Å². The fraction of sp³-hybridized carbons (Fsp3) is 0.250. The van der Waals surface area contributed by atoms with Crippen LogP contribution in [-0.2, 0) is 6.18 Å². The van der Waals surface area contributed by atoms with E-state index in [1.54, 1.807) is 0 Å². The van der Waals surface area contributed by atoms with Crippen LogP contribution in [0.15, 0.2) is 0 Å². The maximum absolute atomic E-state index is 12.3. The van der Waals surface area contributed by atoms with Crippen molar-refractivity contribution in [1.82, 2.24) is 10.2 Å². The maximum Gasteiger partial charge on any atom is 0.436 e. The summed E-state index contributed by atoms with van der Waals surface area (Å²) in [6.45, 7) is 1.41. The molecular formula is C8H4F3N3. The van der Waals surface area contributed by atoms with Gasteiger partial charge in [0.15, 0.2) is 11.8 Å². The van der Waals surface area contributed by atoms with Gasteiger partial charge in [-0.05, 0) is 12.8 Å². The normalized spacial score (nSPS) is 10.2. The first-order chi connectivity index (χ1) is 6.46. The number of nitriles is 1. The lowest BCUT2D eigenvalue weighted by molar-refractivity contribution is -0.141. The molecule has 1 rings (SSSR count). The number of rotatable bonds is 0. The zero-order valence-electron chi connectivity index (χ0n) is 7.03. The van der Waals surface area contributed by atoms with Crippen LogP contribution in [0, 0.1) is 30.1 Å². The van der Waals surface area contributed by atoms with Crippen LogP contribution in [0.4, 0.5) is 13.2 Å². The number of alkyl halides is 3. The number of H-pyrrole nitrogens is 1. The molecule has 1 N–H and O–H groups in total. The van der Waals surface area contributed by atoms with Crippen molar-refractivity contribution in [3.05, 3.63) is 17.0 Å². The molecule has 0 amide bonds. The SMILES string of the molecule is Cc1[nH]nc(C(F)(F)F)c1C#CC#N. The first kappa shape index (κ1) is 10.1. The summed E-state index contributed by atoms with van der Waals surface area (Å²) < 4.78 is 36.8. The second-order valence-electron chi connectivity index (χ2n) is 2.43. The summed E-state index contributed by atoms with van der Waals surface area (Å²) in [5.41, 5.74) is -1.17. The molecule has 0 saturated carbocycles. The largest absolute Gasteiger partial charge is 0.436 e. The Labute approximate surface area is 77.5 Å². The first-order valence-corrected chi connectivity index (χ1v) is 3.49. The summed E-state index contributed by atoms with van der Waals surface area (Å²) >= 11 is 0. The summed E-state index contributed by atoms with van der Waals surface area (Å²) in [5.74, 6) is 3.99. The summed E-state index contributed by atoms with van der Waals surface area (Å²) in [4.78, 5) is 0. The molecule has 1 aromatic rings. The minimum atomic E-state index is -4.55. The van der Waals surface area contributed by atoms with Crippen LogP contribution >= 0.6 is 0 Å². The quantitative estimate of drug-likeness (QED) is 0.645. The Kier molecular flexibility index (Phi) is 2.48. The standard InChI is InChI=1S/C8H4F3N3/c1-5-6(3-2-4-12)7(14-13-5)8(9,10)11/h1H3,(H,13,14). The van der Waals surface area contributed by atoms with E-state index in [-0.39, 0.29) is 11.3 Å². The number of nitrogens with zero attached hydrogens (tertiary/aromatic N) is 2. The number of aryl methyl sites for hydroxylation is 1. The number of hydrogen-bond donors (Lipinski definition) is 1. The van der Waals surface area contributed by atoms with E-state index in [1.807, 2.05) is 5.92 Å². The Balaban J connectivity index is 3.28. The van der Waals surface area contributed by atoms with Crippen molar-refractivity contribution in [2.24, 2.45) is 0 Å². The molecule has 0 aliphatic carbocycles. The Morgan fingerprint density at radius 2 is 2.07 bits per heavy atom. The zero-order valence-corrected chi connectivity index (χ0v) is 7.03. The molecule has 72 valence electrons. The van der Waals surface area contributed by atoms with Crippen molar-refractivity contribution >= 4 is 0 Å². The number of nitrogens with one attached hydrogen (secondary N) is 1. The Hall–Kier alpha value is -1.95. The van der Waals surface area contributed by atoms with Crippen LogP contribution in [0.3, 0.4) is 0 Å². The van der Waals surface area contributed by atoms with Crippen molar-refractivity contribution in [2.75, 3.05) is 0 Å². The predicted molar refractivity (Wildman–Crippen MR) is 40.8 cm³/mol. The van der Waals surface area contributed by atoms with Gasteiger partial charge in [0.05, 0.1) is 5.56 Å². The Morgan fingerprint density at radius 1 is 1.43 bits per heavy atom. The molecule has 0 unspecified atom stereocenters. The maximum atomic E-state index is 12.3. The number of aromatic amines is 1. The van der Waals surface area contributed by atoms with E-state index in [4.69, 9.17) is 5.26 Å². The number of halogens is 3. The molecule has 0 saturated heterocycles. The minimum absolute atomic E-state index is 0.195. The molecule has 0 radical (unpaired) electrons. The third-order valence-electron chi connectivity index (χ3n) is 1.46. The van der Waals surface area contributed by atoms with Crippen LogP contribution in [0.2, 0.25) is 0 Å². The lowest BCUT2D eigenvalue weighted by Gasteiger charge is -2.01. The highest BCUT2D eigenvalue weighted by molar-refractivity contribution is 5.44. The molecule has 0 bridgehead atoms. The van der Waals surface area contributed by atoms with E-state index in [2.05, 4.69) is 16.1 Å². The summed E-state index contributed by atoms with van der Waals surface area (Å²) in [6.07, 6.45) is -4.55. The second-order valence-corrected chi connectivity index (χ2v) is 2.43. The van der Waals surface area contributed by atoms with Crippen molar-refractivity contribution in [3.63, 3.8) is 0 Å². The van der Waals surface area contributed by atoms with Crippen molar-refractivity contribution in [3.8, 4) is 17.9 Å². The van der Waals surface area contributed by atoms with Crippen molar-refractivity contribution < 1.29 is 13.2 Å². The van der Waals surface area contributed by atoms with Gasteiger partial charge in [-0.1, -0.05) is 0 Å². The monoisotopic (exact) mass is 199 g/mol. The molecule has 1 heterocycles. The predicted octanol–water partition coefficient (Wildman–Crippen LogP) is 1.61. The van der Waals surface area contributed by atoms with E-state index in [0.29, 0.717) is 0 Å². The van der Waals surface area contributed by atoms with Gasteiger partial charge in [0.25, 0.3) is 0 Å². The molecule has 1 aromatic heterocycles. The lowest BCUT2D eigenvalue weighted by Crippen LogP contribution is -2.07. The minimum Gasteiger partial charge on any atom is -0.281 e. The molecule has 0 aliphatic heterocycles. The highest BCUT2D eigenvalue weighted by atomic mass is 19.4. The molecule has 6 heteroatoms. The zero-order chi connectivity index (χ0) is 10.8. The third-order valence-corrected chi connectivity index (χ3v) is 1.46. The van der Waals surface area contributed by atoms with Gasteiger partial charge in [-0.2, -0.15) is 23.5 Å². The van der Waals surface area contributed by atoms with Crippen LogP contribution in [0.25, 0.3) is 0 Å². The van der Waals surface area contributed by atoms with Crippen LogP contribution in [0.1, 0.15) is 17.0 Å². The molecule has 0 aromatic carbocycles. The summed E-state index contributed by atoms with van der Waals surface area (Å²) in [6, 6.07) is 1.44. The molecular weight excluding hydrogens is 195 g/mol. The van der Waals surface area contributed by atoms with Crippen LogP contribution < -0.4 is 0 Å². The first-order valence-electron chi connectivity index (χ1n) is 3.49. The smallest absolute Gasteiger partial charge is 0.281 e. The van der Waals surface area contributed by atoms with Gasteiger partial charge >= 0.3 is 6.18 Å². The van der Waals surface area contributed by atoms with Gasteiger partial charge in [-0.3, -0.25) is 5.10 Å². The van der Waals surface area contributed by atoms with Crippen LogP contribution in [-0.4, -0.2) is 10.2 Å². The Bertz CT molecular complexity index is 439.